The first-order valence-corrected chi connectivity index (χ1v) is 20.8. The second-order valence-corrected chi connectivity index (χ2v) is 19.1. The molecule has 2 aliphatic carbocycles. The van der Waals surface area contributed by atoms with E-state index in [9.17, 15) is 14.9 Å². The molecule has 2 aliphatic heterocycles. The van der Waals surface area contributed by atoms with Crippen LogP contribution in [-0.4, -0.2) is 85.0 Å². The van der Waals surface area contributed by atoms with Crippen LogP contribution >= 0.6 is 0 Å². The smallest absolute Gasteiger partial charge is 0.223 e. The van der Waals surface area contributed by atoms with Crippen molar-refractivity contribution in [3.8, 4) is 6.07 Å². The van der Waals surface area contributed by atoms with Crippen molar-refractivity contribution in [1.82, 2.24) is 14.8 Å². The van der Waals surface area contributed by atoms with E-state index >= 15 is 0 Å². The maximum Gasteiger partial charge on any atom is 0.223 e. The van der Waals surface area contributed by atoms with Crippen LogP contribution in [-0.2, 0) is 21.4 Å². The number of aromatic amines is 1. The molecule has 1 saturated carbocycles. The Morgan fingerprint density at radius 2 is 1.63 bits per heavy atom. The SMILES string of the molecule is CCc1cc2c(cc1N1CCC(N3CCN(C(=O)CC(C)(C)COCC(C)(C)CC4CCCC4)CC3)CC1)C(C)(C)c1[nH]c3cc(C#N)ccc3c1C2=O. The largest absolute Gasteiger partial charge is 0.380 e. The molecule has 0 unspecified atom stereocenters. The number of hydrogen-bond acceptors (Lipinski definition) is 6. The molecule has 8 nitrogen and oxygen atoms in total. The van der Waals surface area contributed by atoms with Crippen molar-refractivity contribution in [1.29, 1.82) is 5.26 Å². The van der Waals surface area contributed by atoms with E-state index < -0.39 is 5.41 Å². The quantitative estimate of drug-likeness (QED) is 0.212. The predicted octanol–water partition coefficient (Wildman–Crippen LogP) is 8.62. The molecule has 7 rings (SSSR count). The van der Waals surface area contributed by atoms with E-state index in [1.807, 2.05) is 12.1 Å². The highest BCUT2D eigenvalue weighted by Crippen LogP contribution is 2.46. The van der Waals surface area contributed by atoms with Gasteiger partial charge in [-0.3, -0.25) is 14.5 Å². The normalized spacial score (nSPS) is 20.0. The van der Waals surface area contributed by atoms with Crippen LogP contribution in [0.2, 0.25) is 0 Å². The molecule has 3 aromatic rings. The molecule has 2 aromatic carbocycles. The number of ether oxygens (including phenoxy) is 1. The molecule has 1 amide bonds. The summed E-state index contributed by atoms with van der Waals surface area (Å²) in [6.07, 6.45) is 10.3. The van der Waals surface area contributed by atoms with Crippen molar-refractivity contribution in [2.45, 2.75) is 118 Å². The monoisotopic (exact) mass is 733 g/mol. The van der Waals surface area contributed by atoms with E-state index in [1.165, 1.54) is 43.4 Å². The van der Waals surface area contributed by atoms with Gasteiger partial charge >= 0.3 is 0 Å². The second-order valence-electron chi connectivity index (χ2n) is 19.1. The first kappa shape index (κ1) is 38.6. The molecule has 290 valence electrons. The highest BCUT2D eigenvalue weighted by molar-refractivity contribution is 6.20. The van der Waals surface area contributed by atoms with Gasteiger partial charge in [-0.1, -0.05) is 80.2 Å². The lowest BCUT2D eigenvalue weighted by Gasteiger charge is -2.44. The number of fused-ring (bicyclic) bond motifs is 4. The number of anilines is 1. The first-order chi connectivity index (χ1) is 25.7. The van der Waals surface area contributed by atoms with Crippen LogP contribution < -0.4 is 4.90 Å². The molecule has 2 saturated heterocycles. The number of carbonyl (C=O) groups is 2. The molecule has 3 fully saturated rings. The zero-order valence-corrected chi connectivity index (χ0v) is 34.1. The predicted molar refractivity (Wildman–Crippen MR) is 217 cm³/mol. The Labute approximate surface area is 323 Å². The molecule has 3 heterocycles. The minimum absolute atomic E-state index is 0.0681. The van der Waals surface area contributed by atoms with Gasteiger partial charge in [0.25, 0.3) is 0 Å². The number of piperidine rings is 1. The molecule has 0 atom stereocenters. The second kappa shape index (κ2) is 15.1. The lowest BCUT2D eigenvalue weighted by atomic mass is 9.70. The summed E-state index contributed by atoms with van der Waals surface area (Å²) in [6, 6.07) is 12.8. The summed E-state index contributed by atoms with van der Waals surface area (Å²) in [5, 5.41) is 10.4. The van der Waals surface area contributed by atoms with Crippen molar-refractivity contribution >= 4 is 28.3 Å². The molecule has 0 spiro atoms. The zero-order chi connectivity index (χ0) is 38.4. The third-order valence-electron chi connectivity index (χ3n) is 13.2. The highest BCUT2D eigenvalue weighted by Gasteiger charge is 2.41. The Hall–Kier alpha value is -3.67. The van der Waals surface area contributed by atoms with Crippen LogP contribution in [0.5, 0.6) is 0 Å². The number of nitrogens with one attached hydrogen (secondary N) is 1. The number of hydrogen-bond donors (Lipinski definition) is 1. The van der Waals surface area contributed by atoms with Crippen LogP contribution in [0.4, 0.5) is 5.69 Å². The van der Waals surface area contributed by atoms with Gasteiger partial charge in [-0.15, -0.1) is 0 Å². The van der Waals surface area contributed by atoms with Crippen molar-refractivity contribution in [2.24, 2.45) is 16.7 Å². The van der Waals surface area contributed by atoms with Gasteiger partial charge in [-0.25, -0.2) is 0 Å². The molecular formula is C46H63N5O3. The number of carbonyl (C=O) groups excluding carboxylic acids is 2. The van der Waals surface area contributed by atoms with Crippen LogP contribution in [0.1, 0.15) is 138 Å². The fourth-order valence-electron chi connectivity index (χ4n) is 10.2. The maximum absolute atomic E-state index is 14.1. The van der Waals surface area contributed by atoms with Crippen molar-refractivity contribution in [3.05, 3.63) is 63.8 Å². The number of amides is 1. The molecule has 54 heavy (non-hydrogen) atoms. The Balaban J connectivity index is 0.931. The Bertz CT molecular complexity index is 1910. The minimum Gasteiger partial charge on any atom is -0.380 e. The number of nitrogens with zero attached hydrogens (tertiary/aromatic N) is 4. The molecule has 8 heteroatoms. The number of nitriles is 1. The number of rotatable bonds is 11. The fourth-order valence-corrected chi connectivity index (χ4v) is 10.2. The minimum atomic E-state index is -0.394. The number of ketones is 1. The van der Waals surface area contributed by atoms with Crippen LogP contribution in [0.15, 0.2) is 30.3 Å². The standard InChI is InChI=1S/C46H63N5O3/c1-8-33-24-36-37(46(6,7)43-41(42(36)53)35-14-13-32(28-47)23-38(35)48-43)25-39(33)50-17-15-34(16-18-50)49-19-21-51(22-20-49)40(52)27-45(4,5)30-54-29-44(2,3)26-31-11-9-10-12-31/h13-14,23-25,31,34,48H,8-12,15-22,26-27,29-30H2,1-7H3. The summed E-state index contributed by atoms with van der Waals surface area (Å²) < 4.78 is 6.28. The summed E-state index contributed by atoms with van der Waals surface area (Å²) in [6.45, 7) is 22.4. The van der Waals surface area contributed by atoms with E-state index in [-0.39, 0.29) is 22.5 Å². The van der Waals surface area contributed by atoms with Gasteiger partial charge in [0.15, 0.2) is 5.78 Å². The van der Waals surface area contributed by atoms with E-state index in [4.69, 9.17) is 4.74 Å². The number of piperazine rings is 1. The van der Waals surface area contributed by atoms with Crippen molar-refractivity contribution in [2.75, 3.05) is 57.4 Å². The van der Waals surface area contributed by atoms with E-state index in [1.54, 1.807) is 6.07 Å². The van der Waals surface area contributed by atoms with Gasteiger partial charge in [-0.2, -0.15) is 5.26 Å². The summed E-state index contributed by atoms with van der Waals surface area (Å²) in [4.78, 5) is 38.4. The van der Waals surface area contributed by atoms with Crippen LogP contribution in [0.25, 0.3) is 10.9 Å². The summed E-state index contributed by atoms with van der Waals surface area (Å²) in [7, 11) is 0. The summed E-state index contributed by atoms with van der Waals surface area (Å²) >= 11 is 0. The van der Waals surface area contributed by atoms with Gasteiger partial charge in [-0.05, 0) is 77.8 Å². The summed E-state index contributed by atoms with van der Waals surface area (Å²) in [5.41, 5.74) is 7.06. The number of aromatic nitrogens is 1. The van der Waals surface area contributed by atoms with Gasteiger partial charge in [0.2, 0.25) is 5.91 Å². The van der Waals surface area contributed by atoms with E-state index in [0.717, 1.165) is 104 Å². The molecular weight excluding hydrogens is 671 g/mol. The molecule has 4 aliphatic rings. The summed E-state index contributed by atoms with van der Waals surface area (Å²) in [5.74, 6) is 1.18. The number of aryl methyl sites for hydroxylation is 1. The third kappa shape index (κ3) is 7.73. The molecule has 0 radical (unpaired) electrons. The lowest BCUT2D eigenvalue weighted by Crippen LogP contribution is -2.54. The molecule has 1 N–H and O–H groups in total. The van der Waals surface area contributed by atoms with Crippen molar-refractivity contribution in [3.63, 3.8) is 0 Å². The molecule has 0 bridgehead atoms. The Morgan fingerprint density at radius 1 is 0.944 bits per heavy atom. The van der Waals surface area contributed by atoms with Gasteiger partial charge in [0.1, 0.15) is 0 Å². The Kier molecular flexibility index (Phi) is 10.8. The zero-order valence-electron chi connectivity index (χ0n) is 34.1. The fraction of sp³-hybridized carbons (Fsp3) is 0.630. The van der Waals surface area contributed by atoms with Crippen molar-refractivity contribution < 1.29 is 14.3 Å². The molecule has 1 aromatic heterocycles. The average Bonchev–Trinajstić information content (AvgIpc) is 3.81. The highest BCUT2D eigenvalue weighted by atomic mass is 16.5. The number of benzene rings is 2. The Morgan fingerprint density at radius 3 is 2.30 bits per heavy atom. The van der Waals surface area contributed by atoms with E-state index in [2.05, 4.69) is 86.4 Å². The van der Waals surface area contributed by atoms with E-state index in [0.29, 0.717) is 24.6 Å². The topological polar surface area (TPSA) is 92.7 Å². The lowest BCUT2D eigenvalue weighted by molar-refractivity contribution is -0.136. The number of H-pyrrole nitrogens is 1. The van der Waals surface area contributed by atoms with Gasteiger partial charge in [0, 0.05) is 85.0 Å². The first-order valence-electron chi connectivity index (χ1n) is 20.8. The van der Waals surface area contributed by atoms with Gasteiger partial charge in [0.05, 0.1) is 30.4 Å². The average molecular weight is 734 g/mol. The maximum atomic E-state index is 14.1. The van der Waals surface area contributed by atoms with Gasteiger partial charge < -0.3 is 19.5 Å². The third-order valence-corrected chi connectivity index (χ3v) is 13.2. The van der Waals surface area contributed by atoms with Crippen LogP contribution in [0.3, 0.4) is 0 Å². The van der Waals surface area contributed by atoms with Crippen LogP contribution in [0, 0.1) is 28.1 Å².